The van der Waals surface area contributed by atoms with Crippen molar-refractivity contribution in [2.24, 2.45) is 0 Å². The Bertz CT molecular complexity index is 971. The highest BCUT2D eigenvalue weighted by molar-refractivity contribution is 5.90. The Kier molecular flexibility index (Phi) is 6.43. The number of benzene rings is 2. The van der Waals surface area contributed by atoms with Gasteiger partial charge in [0.15, 0.2) is 17.6 Å². The normalized spacial score (nSPS) is 11.7. The summed E-state index contributed by atoms with van der Waals surface area (Å²) in [5, 5.41) is 7.84. The van der Waals surface area contributed by atoms with Crippen molar-refractivity contribution >= 4 is 5.97 Å². The monoisotopic (exact) mass is 400 g/mol. The van der Waals surface area contributed by atoms with E-state index in [2.05, 4.69) is 10.2 Å². The van der Waals surface area contributed by atoms with Crippen molar-refractivity contribution in [1.29, 1.82) is 0 Å². The minimum Gasteiger partial charge on any atom is -0.490 e. The number of carbonyl (C=O) groups excluding carboxylic acids is 1. The largest absolute Gasteiger partial charge is 0.490 e. The molecule has 0 aliphatic rings. The van der Waals surface area contributed by atoms with Gasteiger partial charge in [0.05, 0.1) is 18.8 Å². The van der Waals surface area contributed by atoms with Crippen LogP contribution in [0.2, 0.25) is 0 Å². The zero-order valence-electron chi connectivity index (χ0n) is 16.3. The highest BCUT2D eigenvalue weighted by atomic mass is 19.1. The number of esters is 1. The summed E-state index contributed by atoms with van der Waals surface area (Å²) < 4.78 is 35.1. The van der Waals surface area contributed by atoms with Crippen LogP contribution >= 0.6 is 0 Å². The summed E-state index contributed by atoms with van der Waals surface area (Å²) in [4.78, 5) is 12.5. The molecule has 0 aliphatic heterocycles. The first-order valence-corrected chi connectivity index (χ1v) is 9.21. The molecule has 152 valence electrons. The molecule has 8 heteroatoms. The van der Waals surface area contributed by atoms with E-state index in [1.807, 2.05) is 13.8 Å². The Hall–Kier alpha value is -3.42. The molecule has 1 atom stereocenters. The van der Waals surface area contributed by atoms with Crippen molar-refractivity contribution in [1.82, 2.24) is 10.2 Å². The second kappa shape index (κ2) is 9.18. The molecule has 0 unspecified atom stereocenters. The number of aromatic nitrogens is 2. The van der Waals surface area contributed by atoms with E-state index in [1.54, 1.807) is 25.1 Å². The smallest absolute Gasteiger partial charge is 0.339 e. The van der Waals surface area contributed by atoms with Crippen LogP contribution in [0.1, 0.15) is 43.1 Å². The van der Waals surface area contributed by atoms with Gasteiger partial charge in [-0.3, -0.25) is 0 Å². The molecule has 0 radical (unpaired) electrons. The van der Waals surface area contributed by atoms with Crippen LogP contribution in [0, 0.1) is 5.82 Å². The summed E-state index contributed by atoms with van der Waals surface area (Å²) in [6.07, 6.45) is -0.772. The van der Waals surface area contributed by atoms with E-state index in [9.17, 15) is 9.18 Å². The molecule has 2 aromatic carbocycles. The van der Waals surface area contributed by atoms with Gasteiger partial charge in [-0.2, -0.15) is 0 Å². The quantitative estimate of drug-likeness (QED) is 0.511. The Labute approximate surface area is 167 Å². The highest BCUT2D eigenvalue weighted by Gasteiger charge is 2.21. The first kappa shape index (κ1) is 20.3. The van der Waals surface area contributed by atoms with Crippen LogP contribution in [0.3, 0.4) is 0 Å². The number of rotatable bonds is 8. The van der Waals surface area contributed by atoms with Gasteiger partial charge in [-0.1, -0.05) is 0 Å². The minimum atomic E-state index is -0.772. The maximum Gasteiger partial charge on any atom is 0.339 e. The number of carbonyl (C=O) groups is 1. The van der Waals surface area contributed by atoms with Crippen molar-refractivity contribution in [3.8, 4) is 23.0 Å². The summed E-state index contributed by atoms with van der Waals surface area (Å²) in [6, 6.07) is 10.5. The van der Waals surface area contributed by atoms with Crippen molar-refractivity contribution < 1.29 is 27.8 Å². The van der Waals surface area contributed by atoms with Crippen LogP contribution in [-0.2, 0) is 4.74 Å². The predicted molar refractivity (Wildman–Crippen MR) is 102 cm³/mol. The fraction of sp³-hybridized carbons (Fsp3) is 0.286. The van der Waals surface area contributed by atoms with E-state index in [0.717, 1.165) is 0 Å². The second-order valence-corrected chi connectivity index (χ2v) is 6.03. The van der Waals surface area contributed by atoms with Gasteiger partial charge in [0.2, 0.25) is 5.89 Å². The van der Waals surface area contributed by atoms with Gasteiger partial charge in [0, 0.05) is 5.56 Å². The maximum atomic E-state index is 13.0. The molecule has 0 saturated carbocycles. The number of hydrogen-bond donors (Lipinski definition) is 0. The first-order valence-electron chi connectivity index (χ1n) is 9.21. The Morgan fingerprint density at radius 3 is 2.41 bits per heavy atom. The van der Waals surface area contributed by atoms with Gasteiger partial charge in [0.1, 0.15) is 5.82 Å². The summed E-state index contributed by atoms with van der Waals surface area (Å²) in [7, 11) is 0. The SMILES string of the molecule is CCOc1ccc(C(=O)O[C@@H](C)c2nnc(-c3ccc(F)cc3)o2)cc1OCC. The summed E-state index contributed by atoms with van der Waals surface area (Å²) >= 11 is 0. The molecule has 0 spiro atoms. The van der Waals surface area contributed by atoms with E-state index >= 15 is 0 Å². The van der Waals surface area contributed by atoms with Crippen LogP contribution in [0.15, 0.2) is 46.9 Å². The van der Waals surface area contributed by atoms with Crippen LogP contribution in [0.4, 0.5) is 4.39 Å². The lowest BCUT2D eigenvalue weighted by molar-refractivity contribution is 0.0279. The third-order valence-electron chi connectivity index (χ3n) is 3.94. The van der Waals surface area contributed by atoms with Crippen LogP contribution in [-0.4, -0.2) is 29.4 Å². The van der Waals surface area contributed by atoms with Crippen molar-refractivity contribution in [2.45, 2.75) is 26.9 Å². The molecule has 7 nitrogen and oxygen atoms in total. The van der Waals surface area contributed by atoms with Crippen LogP contribution in [0.25, 0.3) is 11.5 Å². The molecule has 0 N–H and O–H groups in total. The van der Waals surface area contributed by atoms with Gasteiger partial charge in [-0.25, -0.2) is 9.18 Å². The molecule has 0 saturated heterocycles. The fourth-order valence-electron chi connectivity index (χ4n) is 2.57. The molecule has 0 bridgehead atoms. The second-order valence-electron chi connectivity index (χ2n) is 6.03. The van der Waals surface area contributed by atoms with Crippen molar-refractivity contribution in [3.63, 3.8) is 0 Å². The lowest BCUT2D eigenvalue weighted by atomic mass is 10.2. The standard InChI is InChI=1S/C21H21FN2O5/c1-4-26-17-11-8-15(12-18(17)27-5-2)21(25)28-13(3)19-23-24-20(29-19)14-6-9-16(22)10-7-14/h6-13H,4-5H2,1-3H3/t13-/m0/s1. The third kappa shape index (κ3) is 4.90. The molecular weight excluding hydrogens is 379 g/mol. The molecule has 1 heterocycles. The molecule has 0 aliphatic carbocycles. The minimum absolute atomic E-state index is 0.133. The van der Waals surface area contributed by atoms with Crippen molar-refractivity contribution in [2.75, 3.05) is 13.2 Å². The van der Waals surface area contributed by atoms with Gasteiger partial charge in [-0.15, -0.1) is 10.2 Å². The molecule has 0 amide bonds. The Morgan fingerprint density at radius 1 is 1.03 bits per heavy atom. The first-order chi connectivity index (χ1) is 14.0. The Morgan fingerprint density at radius 2 is 1.72 bits per heavy atom. The zero-order valence-corrected chi connectivity index (χ0v) is 16.3. The highest BCUT2D eigenvalue weighted by Crippen LogP contribution is 2.30. The Balaban J connectivity index is 1.72. The molecule has 29 heavy (non-hydrogen) atoms. The predicted octanol–water partition coefficient (Wildman–Crippen LogP) is 4.59. The average molecular weight is 400 g/mol. The summed E-state index contributed by atoms with van der Waals surface area (Å²) in [6.45, 7) is 6.25. The molecule has 1 aromatic heterocycles. The average Bonchev–Trinajstić information content (AvgIpc) is 3.20. The molecule has 0 fully saturated rings. The van der Waals surface area contributed by atoms with E-state index in [1.165, 1.54) is 24.3 Å². The van der Waals surface area contributed by atoms with Crippen LogP contribution in [0.5, 0.6) is 11.5 Å². The zero-order chi connectivity index (χ0) is 20.8. The van der Waals surface area contributed by atoms with Gasteiger partial charge >= 0.3 is 5.97 Å². The third-order valence-corrected chi connectivity index (χ3v) is 3.94. The van der Waals surface area contributed by atoms with Gasteiger partial charge < -0.3 is 18.6 Å². The molecular formula is C21H21FN2O5. The van der Waals surface area contributed by atoms with Crippen molar-refractivity contribution in [3.05, 3.63) is 59.7 Å². The number of halogens is 1. The van der Waals surface area contributed by atoms with E-state index in [4.69, 9.17) is 18.6 Å². The number of nitrogens with zero attached hydrogens (tertiary/aromatic N) is 2. The fourth-order valence-corrected chi connectivity index (χ4v) is 2.57. The molecule has 3 rings (SSSR count). The van der Waals surface area contributed by atoms with E-state index in [0.29, 0.717) is 35.8 Å². The van der Waals surface area contributed by atoms with Gasteiger partial charge in [0.25, 0.3) is 5.89 Å². The maximum absolute atomic E-state index is 13.0. The van der Waals surface area contributed by atoms with E-state index < -0.39 is 12.1 Å². The van der Waals surface area contributed by atoms with E-state index in [-0.39, 0.29) is 17.6 Å². The summed E-state index contributed by atoms with van der Waals surface area (Å²) in [5.74, 6) is 0.435. The lowest BCUT2D eigenvalue weighted by Gasteiger charge is -2.13. The van der Waals surface area contributed by atoms with Gasteiger partial charge in [-0.05, 0) is 63.2 Å². The molecule has 3 aromatic rings. The summed E-state index contributed by atoms with van der Waals surface area (Å²) in [5.41, 5.74) is 0.874. The number of hydrogen-bond acceptors (Lipinski definition) is 7. The number of ether oxygens (including phenoxy) is 3. The van der Waals surface area contributed by atoms with Crippen LogP contribution < -0.4 is 9.47 Å². The lowest BCUT2D eigenvalue weighted by Crippen LogP contribution is -2.10. The topological polar surface area (TPSA) is 83.7 Å².